The lowest BCUT2D eigenvalue weighted by atomic mass is 10.2. The van der Waals surface area contributed by atoms with E-state index in [-0.39, 0.29) is 5.69 Å². The van der Waals surface area contributed by atoms with Crippen LogP contribution in [0.15, 0.2) is 30.3 Å². The quantitative estimate of drug-likeness (QED) is 0.664. The van der Waals surface area contributed by atoms with Crippen molar-refractivity contribution in [2.24, 2.45) is 0 Å². The van der Waals surface area contributed by atoms with Crippen LogP contribution in [0.4, 0.5) is 11.6 Å². The van der Waals surface area contributed by atoms with Crippen molar-refractivity contribution in [2.75, 3.05) is 12.4 Å². The molecule has 20 heavy (non-hydrogen) atoms. The van der Waals surface area contributed by atoms with Crippen LogP contribution in [0.2, 0.25) is 0 Å². The Kier molecular flexibility index (Phi) is 4.09. The van der Waals surface area contributed by atoms with E-state index >= 15 is 0 Å². The number of benzene rings is 1. The molecule has 2 aromatic rings. The molecule has 104 valence electrons. The predicted molar refractivity (Wildman–Crippen MR) is 73.7 cm³/mol. The molecule has 1 aromatic heterocycles. The minimum absolute atomic E-state index is 0.0715. The van der Waals surface area contributed by atoms with Gasteiger partial charge in [0.1, 0.15) is 0 Å². The molecule has 7 nitrogen and oxygen atoms in total. The van der Waals surface area contributed by atoms with E-state index in [1.807, 2.05) is 6.92 Å². The Balaban J connectivity index is 2.04. The summed E-state index contributed by atoms with van der Waals surface area (Å²) in [6, 6.07) is 8.05. The molecule has 0 atom stereocenters. The molecule has 2 rings (SSSR count). The van der Waals surface area contributed by atoms with Crippen molar-refractivity contribution >= 4 is 11.6 Å². The Bertz CT molecular complexity index is 614. The maximum Gasteiger partial charge on any atom is 0.269 e. The van der Waals surface area contributed by atoms with Gasteiger partial charge in [-0.3, -0.25) is 10.1 Å². The van der Waals surface area contributed by atoms with Crippen LogP contribution in [0.3, 0.4) is 0 Å². The maximum atomic E-state index is 10.6. The molecule has 7 heteroatoms. The Labute approximate surface area is 115 Å². The molecule has 1 aromatic carbocycles. The van der Waals surface area contributed by atoms with Gasteiger partial charge in [0.15, 0.2) is 0 Å². The third-order valence-electron chi connectivity index (χ3n) is 2.64. The third kappa shape index (κ3) is 3.41. The fourth-order valence-corrected chi connectivity index (χ4v) is 1.64. The zero-order valence-corrected chi connectivity index (χ0v) is 11.2. The molecule has 0 bridgehead atoms. The number of hydrogen-bond donors (Lipinski definition) is 1. The third-order valence-corrected chi connectivity index (χ3v) is 2.64. The highest BCUT2D eigenvalue weighted by Gasteiger charge is 2.05. The van der Waals surface area contributed by atoms with Crippen LogP contribution < -0.4 is 10.1 Å². The van der Waals surface area contributed by atoms with E-state index < -0.39 is 4.92 Å². The molecule has 0 aliphatic heterocycles. The standard InChI is InChI=1S/C13H14N4O3/c1-9-7-12(20-2)16-13(15-9)14-8-10-3-5-11(6-4-10)17(18)19/h3-7H,8H2,1-2H3,(H,14,15,16). The first-order valence-corrected chi connectivity index (χ1v) is 5.95. The van der Waals surface area contributed by atoms with Gasteiger partial charge in [0, 0.05) is 30.4 Å². The van der Waals surface area contributed by atoms with Crippen LogP contribution in [0.5, 0.6) is 5.88 Å². The topological polar surface area (TPSA) is 90.2 Å². The van der Waals surface area contributed by atoms with Crippen LogP contribution in [0, 0.1) is 17.0 Å². The lowest BCUT2D eigenvalue weighted by Crippen LogP contribution is -2.05. The fourth-order valence-electron chi connectivity index (χ4n) is 1.64. The summed E-state index contributed by atoms with van der Waals surface area (Å²) in [6.07, 6.45) is 0. The van der Waals surface area contributed by atoms with Crippen molar-refractivity contribution in [2.45, 2.75) is 13.5 Å². The van der Waals surface area contributed by atoms with Gasteiger partial charge in [0.25, 0.3) is 5.69 Å². The van der Waals surface area contributed by atoms with Gasteiger partial charge in [-0.15, -0.1) is 0 Å². The molecule has 0 spiro atoms. The normalized spacial score (nSPS) is 10.1. The van der Waals surface area contributed by atoms with Crippen LogP contribution in [0.1, 0.15) is 11.3 Å². The van der Waals surface area contributed by atoms with Crippen molar-refractivity contribution in [3.63, 3.8) is 0 Å². The van der Waals surface area contributed by atoms with Gasteiger partial charge < -0.3 is 10.1 Å². The number of nitro benzene ring substituents is 1. The van der Waals surface area contributed by atoms with E-state index in [2.05, 4.69) is 15.3 Å². The first kappa shape index (κ1) is 13.7. The lowest BCUT2D eigenvalue weighted by Gasteiger charge is -2.07. The second-order valence-corrected chi connectivity index (χ2v) is 4.15. The number of anilines is 1. The minimum atomic E-state index is -0.425. The molecular formula is C13H14N4O3. The number of methoxy groups -OCH3 is 1. The van der Waals surface area contributed by atoms with Gasteiger partial charge in [0.05, 0.1) is 12.0 Å². The molecular weight excluding hydrogens is 260 g/mol. The highest BCUT2D eigenvalue weighted by molar-refractivity contribution is 5.36. The van der Waals surface area contributed by atoms with E-state index in [1.54, 1.807) is 25.3 Å². The first-order chi connectivity index (χ1) is 9.58. The van der Waals surface area contributed by atoms with Gasteiger partial charge in [-0.05, 0) is 12.5 Å². The number of nitrogens with one attached hydrogen (secondary N) is 1. The summed E-state index contributed by atoms with van der Waals surface area (Å²) in [5, 5.41) is 13.6. The number of nitrogens with zero attached hydrogens (tertiary/aromatic N) is 3. The highest BCUT2D eigenvalue weighted by atomic mass is 16.6. The fraction of sp³-hybridized carbons (Fsp3) is 0.231. The van der Waals surface area contributed by atoms with Gasteiger partial charge in [-0.1, -0.05) is 12.1 Å². The average molecular weight is 274 g/mol. The summed E-state index contributed by atoms with van der Waals surface area (Å²) in [5.74, 6) is 0.948. The van der Waals surface area contributed by atoms with Gasteiger partial charge in [-0.25, -0.2) is 4.98 Å². The van der Waals surface area contributed by atoms with Crippen molar-refractivity contribution < 1.29 is 9.66 Å². The summed E-state index contributed by atoms with van der Waals surface area (Å²) >= 11 is 0. The number of non-ortho nitro benzene ring substituents is 1. The van der Waals surface area contributed by atoms with Crippen LogP contribution in [0.25, 0.3) is 0 Å². The number of ether oxygens (including phenoxy) is 1. The summed E-state index contributed by atoms with van der Waals surface area (Å²) in [6.45, 7) is 2.33. The number of hydrogen-bond acceptors (Lipinski definition) is 6. The molecule has 0 saturated heterocycles. The molecule has 1 heterocycles. The van der Waals surface area contributed by atoms with Crippen LogP contribution in [-0.2, 0) is 6.54 Å². The zero-order valence-electron chi connectivity index (χ0n) is 11.2. The van der Waals surface area contributed by atoms with E-state index in [4.69, 9.17) is 4.74 Å². The summed E-state index contributed by atoms with van der Waals surface area (Å²) in [4.78, 5) is 18.5. The van der Waals surface area contributed by atoms with Crippen LogP contribution in [-0.4, -0.2) is 22.0 Å². The largest absolute Gasteiger partial charge is 0.481 e. The van der Waals surface area contributed by atoms with E-state index in [0.717, 1.165) is 11.3 Å². The second kappa shape index (κ2) is 5.96. The zero-order chi connectivity index (χ0) is 14.5. The SMILES string of the molecule is COc1cc(C)nc(NCc2ccc([N+](=O)[O-])cc2)n1. The van der Waals surface area contributed by atoms with Crippen molar-refractivity contribution in [3.8, 4) is 5.88 Å². The number of rotatable bonds is 5. The van der Waals surface area contributed by atoms with Crippen molar-refractivity contribution in [1.82, 2.24) is 9.97 Å². The lowest BCUT2D eigenvalue weighted by molar-refractivity contribution is -0.384. The highest BCUT2D eigenvalue weighted by Crippen LogP contribution is 2.14. The molecule has 0 saturated carbocycles. The van der Waals surface area contributed by atoms with Gasteiger partial charge >= 0.3 is 0 Å². The molecule has 0 amide bonds. The molecule has 0 fully saturated rings. The first-order valence-electron chi connectivity index (χ1n) is 5.95. The van der Waals surface area contributed by atoms with Gasteiger partial charge in [-0.2, -0.15) is 4.98 Å². The summed E-state index contributed by atoms with van der Waals surface area (Å²) in [7, 11) is 1.54. The number of aryl methyl sites for hydroxylation is 1. The van der Waals surface area contributed by atoms with Crippen LogP contribution >= 0.6 is 0 Å². The molecule has 0 aliphatic rings. The number of aromatic nitrogens is 2. The van der Waals surface area contributed by atoms with E-state index in [9.17, 15) is 10.1 Å². The van der Waals surface area contributed by atoms with E-state index in [0.29, 0.717) is 18.4 Å². The van der Waals surface area contributed by atoms with Crippen molar-refractivity contribution in [1.29, 1.82) is 0 Å². The Morgan fingerprint density at radius 3 is 2.60 bits per heavy atom. The molecule has 0 radical (unpaired) electrons. The molecule has 0 aliphatic carbocycles. The summed E-state index contributed by atoms with van der Waals surface area (Å²) < 4.78 is 5.06. The second-order valence-electron chi connectivity index (χ2n) is 4.15. The minimum Gasteiger partial charge on any atom is -0.481 e. The Morgan fingerprint density at radius 2 is 2.00 bits per heavy atom. The average Bonchev–Trinajstić information content (AvgIpc) is 2.45. The smallest absolute Gasteiger partial charge is 0.269 e. The summed E-state index contributed by atoms with van der Waals surface area (Å²) in [5.41, 5.74) is 1.77. The molecule has 1 N–H and O–H groups in total. The number of nitro groups is 1. The Morgan fingerprint density at radius 1 is 1.30 bits per heavy atom. The van der Waals surface area contributed by atoms with Gasteiger partial charge in [0.2, 0.25) is 11.8 Å². The predicted octanol–water partition coefficient (Wildman–Crippen LogP) is 2.31. The monoisotopic (exact) mass is 274 g/mol. The van der Waals surface area contributed by atoms with E-state index in [1.165, 1.54) is 12.1 Å². The molecule has 0 unspecified atom stereocenters. The maximum absolute atomic E-state index is 10.6. The van der Waals surface area contributed by atoms with Crippen molar-refractivity contribution in [3.05, 3.63) is 51.7 Å². The Hall–Kier alpha value is -2.70.